The van der Waals surface area contributed by atoms with Crippen molar-refractivity contribution in [2.24, 2.45) is 10.6 Å². The van der Waals surface area contributed by atoms with E-state index < -0.39 is 6.09 Å². The Morgan fingerprint density at radius 1 is 1.86 bits per heavy atom. The van der Waals surface area contributed by atoms with Crippen molar-refractivity contribution in [3.8, 4) is 0 Å². The number of oxime groups is 1. The second-order valence-electron chi connectivity index (χ2n) is 3.35. The van der Waals surface area contributed by atoms with Crippen molar-refractivity contribution in [2.75, 3.05) is 24.4 Å². The molecule has 14 heavy (non-hydrogen) atoms. The summed E-state index contributed by atoms with van der Waals surface area (Å²) in [6, 6.07) is 0. The molecule has 0 aromatic carbocycles. The molecule has 0 spiro atoms. The number of carbonyl (C=O) groups excluding carboxylic acids is 1. The molecule has 4 nitrogen and oxygen atoms in total. The molecule has 0 aromatic rings. The predicted octanol–water partition coefficient (Wildman–Crippen LogP) is 1.69. The molecule has 1 amide bonds. The van der Waals surface area contributed by atoms with E-state index in [-0.39, 0.29) is 5.41 Å². The third kappa shape index (κ3) is 2.54. The standard InChI is InChI=1S/C8H13ClN2O2S/c1-8(4-9)5-14-3-6(8)11-13-7(12)10-2/h3-5H2,1-2H3,(H,10,12). The Balaban J connectivity index is 2.62. The fourth-order valence-electron chi connectivity index (χ4n) is 1.02. The third-order valence-electron chi connectivity index (χ3n) is 2.09. The maximum atomic E-state index is 10.8. The zero-order valence-corrected chi connectivity index (χ0v) is 9.74. The van der Waals surface area contributed by atoms with E-state index in [1.54, 1.807) is 11.8 Å². The van der Waals surface area contributed by atoms with Gasteiger partial charge < -0.3 is 5.32 Å². The number of thioether (sulfide) groups is 1. The van der Waals surface area contributed by atoms with E-state index >= 15 is 0 Å². The molecule has 0 radical (unpaired) electrons. The maximum Gasteiger partial charge on any atom is 0.433 e. The third-order valence-corrected chi connectivity index (χ3v) is 4.00. The first-order chi connectivity index (χ1) is 6.62. The van der Waals surface area contributed by atoms with Gasteiger partial charge in [-0.3, -0.25) is 4.84 Å². The Morgan fingerprint density at radius 3 is 3.14 bits per heavy atom. The second-order valence-corrected chi connectivity index (χ2v) is 4.61. The molecule has 1 heterocycles. The topological polar surface area (TPSA) is 50.7 Å². The largest absolute Gasteiger partial charge is 0.433 e. The fraction of sp³-hybridized carbons (Fsp3) is 0.750. The normalized spacial score (nSPS) is 29.2. The molecule has 1 fully saturated rings. The molecule has 80 valence electrons. The smallest absolute Gasteiger partial charge is 0.323 e. The van der Waals surface area contributed by atoms with Crippen LogP contribution in [0.3, 0.4) is 0 Å². The van der Waals surface area contributed by atoms with Gasteiger partial charge in [0.25, 0.3) is 0 Å². The van der Waals surface area contributed by atoms with Crippen LogP contribution in [0, 0.1) is 5.41 Å². The van der Waals surface area contributed by atoms with Gasteiger partial charge >= 0.3 is 6.09 Å². The van der Waals surface area contributed by atoms with Crippen molar-refractivity contribution in [1.82, 2.24) is 5.32 Å². The number of carbonyl (C=O) groups is 1. The van der Waals surface area contributed by atoms with Crippen molar-refractivity contribution in [1.29, 1.82) is 0 Å². The molecule has 1 rings (SSSR count). The van der Waals surface area contributed by atoms with Crippen LogP contribution in [0.4, 0.5) is 4.79 Å². The van der Waals surface area contributed by atoms with E-state index in [1.165, 1.54) is 7.05 Å². The monoisotopic (exact) mass is 236 g/mol. The molecule has 1 N–H and O–H groups in total. The van der Waals surface area contributed by atoms with Gasteiger partial charge in [0.15, 0.2) is 0 Å². The van der Waals surface area contributed by atoms with Gasteiger partial charge in [0.05, 0.1) is 5.71 Å². The van der Waals surface area contributed by atoms with Gasteiger partial charge in [-0.1, -0.05) is 12.1 Å². The Morgan fingerprint density at radius 2 is 2.57 bits per heavy atom. The summed E-state index contributed by atoms with van der Waals surface area (Å²) in [4.78, 5) is 15.4. The Labute approximate surface area is 92.4 Å². The van der Waals surface area contributed by atoms with Crippen molar-refractivity contribution in [3.63, 3.8) is 0 Å². The van der Waals surface area contributed by atoms with Crippen LogP contribution in [0.2, 0.25) is 0 Å². The van der Waals surface area contributed by atoms with E-state index in [0.717, 1.165) is 17.2 Å². The molecule has 0 aliphatic carbocycles. The van der Waals surface area contributed by atoms with Gasteiger partial charge in [-0.15, -0.1) is 11.6 Å². The van der Waals surface area contributed by atoms with Gasteiger partial charge in [-0.2, -0.15) is 11.8 Å². The number of hydrogen-bond donors (Lipinski definition) is 1. The zero-order valence-electron chi connectivity index (χ0n) is 8.17. The quantitative estimate of drug-likeness (QED) is 0.451. The zero-order chi connectivity index (χ0) is 10.6. The SMILES string of the molecule is CNC(=O)ON=C1CSCC1(C)CCl. The number of amides is 1. The second kappa shape index (κ2) is 4.89. The summed E-state index contributed by atoms with van der Waals surface area (Å²) in [5, 5.41) is 6.14. The maximum absolute atomic E-state index is 10.8. The minimum Gasteiger partial charge on any atom is -0.323 e. The van der Waals surface area contributed by atoms with Gasteiger partial charge in [0.1, 0.15) is 0 Å². The molecule has 0 aromatic heterocycles. The number of rotatable bonds is 2. The average molecular weight is 237 g/mol. The summed E-state index contributed by atoms with van der Waals surface area (Å²) in [5.41, 5.74) is 0.710. The lowest BCUT2D eigenvalue weighted by atomic mass is 9.91. The lowest BCUT2D eigenvalue weighted by molar-refractivity contribution is 0.152. The van der Waals surface area contributed by atoms with E-state index in [2.05, 4.69) is 15.3 Å². The first-order valence-corrected chi connectivity index (χ1v) is 5.91. The summed E-state index contributed by atoms with van der Waals surface area (Å²) in [5.74, 6) is 2.20. The van der Waals surface area contributed by atoms with E-state index in [9.17, 15) is 4.79 Å². The van der Waals surface area contributed by atoms with E-state index in [1.807, 2.05) is 6.92 Å². The average Bonchev–Trinajstić information content (AvgIpc) is 2.57. The summed E-state index contributed by atoms with van der Waals surface area (Å²) >= 11 is 7.59. The Kier molecular flexibility index (Phi) is 4.07. The van der Waals surface area contributed by atoms with Crippen LogP contribution < -0.4 is 5.32 Å². The highest BCUT2D eigenvalue weighted by molar-refractivity contribution is 8.00. The summed E-state index contributed by atoms with van der Waals surface area (Å²) in [7, 11) is 1.49. The minimum atomic E-state index is -0.550. The van der Waals surface area contributed by atoms with Crippen LogP contribution in [0.1, 0.15) is 6.92 Å². The molecular weight excluding hydrogens is 224 g/mol. The Hall–Kier alpha value is -0.420. The molecule has 1 saturated heterocycles. The number of halogens is 1. The molecule has 1 aliphatic heterocycles. The van der Waals surface area contributed by atoms with Gasteiger partial charge in [0, 0.05) is 29.8 Å². The number of hydrogen-bond acceptors (Lipinski definition) is 4. The molecule has 1 atom stereocenters. The van der Waals surface area contributed by atoms with Gasteiger partial charge in [0.2, 0.25) is 0 Å². The minimum absolute atomic E-state index is 0.139. The van der Waals surface area contributed by atoms with Crippen molar-refractivity contribution >= 4 is 35.2 Å². The highest BCUT2D eigenvalue weighted by Crippen LogP contribution is 2.34. The summed E-state index contributed by atoms with van der Waals surface area (Å²) < 4.78 is 0. The molecular formula is C8H13ClN2O2S. The van der Waals surface area contributed by atoms with Crippen LogP contribution in [-0.4, -0.2) is 36.2 Å². The molecule has 1 unspecified atom stereocenters. The van der Waals surface area contributed by atoms with Crippen molar-refractivity contribution < 1.29 is 9.63 Å². The van der Waals surface area contributed by atoms with Gasteiger partial charge in [-0.25, -0.2) is 4.79 Å². The molecule has 0 bridgehead atoms. The lowest BCUT2D eigenvalue weighted by Gasteiger charge is -2.18. The lowest BCUT2D eigenvalue weighted by Crippen LogP contribution is -2.29. The van der Waals surface area contributed by atoms with Crippen LogP contribution >= 0.6 is 23.4 Å². The number of alkyl halides is 1. The number of nitrogens with one attached hydrogen (secondary N) is 1. The number of nitrogens with zero attached hydrogens (tertiary/aromatic N) is 1. The van der Waals surface area contributed by atoms with Crippen molar-refractivity contribution in [3.05, 3.63) is 0 Å². The summed E-state index contributed by atoms with van der Waals surface area (Å²) in [6.45, 7) is 2.02. The highest BCUT2D eigenvalue weighted by Gasteiger charge is 2.36. The van der Waals surface area contributed by atoms with Crippen LogP contribution in [0.5, 0.6) is 0 Å². The molecule has 6 heteroatoms. The fourth-order valence-corrected chi connectivity index (χ4v) is 2.80. The molecule has 0 saturated carbocycles. The van der Waals surface area contributed by atoms with Gasteiger partial charge in [-0.05, 0) is 0 Å². The highest BCUT2D eigenvalue weighted by atomic mass is 35.5. The molecule has 1 aliphatic rings. The van der Waals surface area contributed by atoms with Crippen LogP contribution in [0.25, 0.3) is 0 Å². The van der Waals surface area contributed by atoms with Crippen LogP contribution in [0.15, 0.2) is 5.16 Å². The first-order valence-electron chi connectivity index (χ1n) is 4.22. The van der Waals surface area contributed by atoms with E-state index in [0.29, 0.717) is 5.88 Å². The predicted molar refractivity (Wildman–Crippen MR) is 59.1 cm³/mol. The Bertz CT molecular complexity index is 260. The van der Waals surface area contributed by atoms with E-state index in [4.69, 9.17) is 11.6 Å². The van der Waals surface area contributed by atoms with Crippen LogP contribution in [-0.2, 0) is 4.84 Å². The first kappa shape index (κ1) is 11.7. The summed E-state index contributed by atoms with van der Waals surface area (Å²) in [6.07, 6.45) is -0.550. The van der Waals surface area contributed by atoms with Crippen molar-refractivity contribution in [2.45, 2.75) is 6.92 Å².